The van der Waals surface area contributed by atoms with Crippen LogP contribution in [0.4, 0.5) is 0 Å². The van der Waals surface area contributed by atoms with Crippen molar-refractivity contribution in [2.75, 3.05) is 13.6 Å². The number of likely N-dealkylation sites (N-methyl/N-ethyl adjacent to an activating group) is 1. The Balaban J connectivity index is 2.11. The van der Waals surface area contributed by atoms with Crippen molar-refractivity contribution in [1.82, 2.24) is 21.1 Å². The summed E-state index contributed by atoms with van der Waals surface area (Å²) in [6.45, 7) is 8.82. The molecule has 1 aromatic rings. The topological polar surface area (TPSA) is 191 Å². The average molecular weight is 739 g/mol. The van der Waals surface area contributed by atoms with Gasteiger partial charge in [0.25, 0.3) is 5.91 Å². The number of nitrogens with zero attached hydrogens (tertiary/aromatic N) is 1. The zero-order valence-electron chi connectivity index (χ0n) is 31.8. The summed E-state index contributed by atoms with van der Waals surface area (Å²) in [7, 11) is 1.69. The van der Waals surface area contributed by atoms with Crippen LogP contribution >= 0.6 is 0 Å². The molecule has 1 fully saturated rings. The lowest BCUT2D eigenvalue weighted by Gasteiger charge is -2.36. The molecule has 6 unspecified atom stereocenters. The number of aliphatic hydroxyl groups excluding tert-OH is 2. The molecule has 2 rings (SSSR count). The molecule has 0 spiro atoms. The number of aldehydes is 2. The number of benzene rings is 1. The van der Waals surface area contributed by atoms with Crippen LogP contribution < -0.4 is 16.1 Å². The monoisotopic (exact) mass is 738 g/mol. The van der Waals surface area contributed by atoms with E-state index in [1.165, 1.54) is 24.1 Å². The molecular formula is C40H58N4O9. The molecule has 53 heavy (non-hydrogen) atoms. The summed E-state index contributed by atoms with van der Waals surface area (Å²) in [4.78, 5) is 74.6. The lowest BCUT2D eigenvalue weighted by atomic mass is 9.86. The molecule has 0 aliphatic carbocycles. The van der Waals surface area contributed by atoms with E-state index in [0.717, 1.165) is 5.56 Å². The van der Waals surface area contributed by atoms with Crippen molar-refractivity contribution >= 4 is 36.1 Å². The van der Waals surface area contributed by atoms with Crippen molar-refractivity contribution in [3.63, 3.8) is 0 Å². The maximum absolute atomic E-state index is 13.9. The van der Waals surface area contributed by atoms with Gasteiger partial charge < -0.3 is 35.2 Å². The second-order valence-corrected chi connectivity index (χ2v) is 14.0. The van der Waals surface area contributed by atoms with E-state index in [2.05, 4.69) is 16.1 Å². The first kappa shape index (κ1) is 44.9. The van der Waals surface area contributed by atoms with E-state index in [1.54, 1.807) is 39.1 Å². The average Bonchev–Trinajstić information content (AvgIpc) is 3.13. The van der Waals surface area contributed by atoms with Crippen molar-refractivity contribution in [3.05, 3.63) is 71.8 Å². The molecule has 0 saturated carbocycles. The zero-order chi connectivity index (χ0) is 39.5. The van der Waals surface area contributed by atoms with Crippen molar-refractivity contribution in [2.24, 2.45) is 17.8 Å². The van der Waals surface area contributed by atoms with Crippen LogP contribution in [0.25, 0.3) is 0 Å². The summed E-state index contributed by atoms with van der Waals surface area (Å²) < 4.78 is 5.84. The number of hydrogen-bond donors (Lipinski definition) is 5. The lowest BCUT2D eigenvalue weighted by molar-refractivity contribution is -0.156. The number of hydrogen-bond acceptors (Lipinski definition) is 11. The summed E-state index contributed by atoms with van der Waals surface area (Å²) in [6, 6.07) is 7.10. The third kappa shape index (κ3) is 14.9. The Morgan fingerprint density at radius 1 is 1.06 bits per heavy atom. The number of nitrogens with one attached hydrogen (secondary N) is 3. The van der Waals surface area contributed by atoms with Crippen molar-refractivity contribution < 1.29 is 43.7 Å². The van der Waals surface area contributed by atoms with Gasteiger partial charge in [-0.1, -0.05) is 75.4 Å². The van der Waals surface area contributed by atoms with Gasteiger partial charge in [0.1, 0.15) is 36.5 Å². The molecule has 13 nitrogen and oxygen atoms in total. The standard InChI is InChI=1S/C40H58N4O9/c1-26(2)36(41-6)38(50)42-33(24-30-14-9-7-10-15-30)39(51)44-22-13-16-32(43-44)40(52)53-35(27(3)21-23-45)18-12-8-11-17-34(48)29(5)37(49)31(25-46)20-19-28(4)47/h7-12,14-15,17,21,23,25-26,29,31-37,41,43,48-49H,13,16,18-20,22,24H2,1-6H3,(H,42,50)/b12-8+,17-11+,27-21+/t29?,31?,32?,33?,34-,35-,36?,37?/m0/s1. The third-order valence-electron chi connectivity index (χ3n) is 9.42. The third-order valence-corrected chi connectivity index (χ3v) is 9.42. The molecule has 0 aromatic heterocycles. The Morgan fingerprint density at radius 3 is 2.36 bits per heavy atom. The Hall–Kier alpha value is -4.30. The molecule has 0 radical (unpaired) electrons. The van der Waals surface area contributed by atoms with E-state index in [4.69, 9.17) is 4.74 Å². The largest absolute Gasteiger partial charge is 0.456 e. The highest BCUT2D eigenvalue weighted by Gasteiger charge is 2.35. The number of allylic oxidation sites excluding steroid dienone is 3. The Kier molecular flexibility index (Phi) is 19.8. The van der Waals surface area contributed by atoms with Gasteiger partial charge in [0.15, 0.2) is 0 Å². The van der Waals surface area contributed by atoms with Crippen LogP contribution in [0.2, 0.25) is 0 Å². The molecule has 1 aliphatic heterocycles. The first-order valence-electron chi connectivity index (χ1n) is 18.3. The normalized spacial score (nSPS) is 19.2. The minimum Gasteiger partial charge on any atom is -0.456 e. The predicted octanol–water partition coefficient (Wildman–Crippen LogP) is 2.56. The summed E-state index contributed by atoms with van der Waals surface area (Å²) in [6.07, 6.45) is 7.54. The Bertz CT molecular complexity index is 1440. The van der Waals surface area contributed by atoms with Crippen LogP contribution in [0.5, 0.6) is 0 Å². The van der Waals surface area contributed by atoms with E-state index < -0.39 is 54.2 Å². The number of ketones is 1. The molecule has 1 heterocycles. The number of carbonyl (C=O) groups excluding carboxylic acids is 6. The number of carbonyl (C=O) groups is 6. The quantitative estimate of drug-likeness (QED) is 0.0509. The summed E-state index contributed by atoms with van der Waals surface area (Å²) in [5.74, 6) is -2.87. The molecule has 2 amide bonds. The molecular weight excluding hydrogens is 680 g/mol. The lowest BCUT2D eigenvalue weighted by Crippen LogP contribution is -2.61. The molecule has 5 N–H and O–H groups in total. The van der Waals surface area contributed by atoms with Gasteiger partial charge in [0, 0.05) is 37.6 Å². The molecule has 1 aromatic carbocycles. The van der Waals surface area contributed by atoms with E-state index in [1.807, 2.05) is 44.2 Å². The Labute approximate surface area is 313 Å². The fourth-order valence-corrected chi connectivity index (χ4v) is 6.06. The van der Waals surface area contributed by atoms with Crippen LogP contribution in [-0.4, -0.2) is 101 Å². The van der Waals surface area contributed by atoms with E-state index in [0.29, 0.717) is 37.5 Å². The highest BCUT2D eigenvalue weighted by Crippen LogP contribution is 2.21. The highest BCUT2D eigenvalue weighted by atomic mass is 16.5. The SMILES string of the molecule is CNC(C(=O)NC(Cc1ccccc1)C(=O)N1CCCC(C(=O)O[C@@H](C/C=C/C=C/[C@H](O)C(C)C(O)C(C=O)CCC(C)=O)/C(C)=C/C=O)N1)C(C)C. The maximum atomic E-state index is 13.9. The summed E-state index contributed by atoms with van der Waals surface area (Å²) in [5, 5.41) is 28.4. The van der Waals surface area contributed by atoms with Gasteiger partial charge in [0.05, 0.1) is 18.2 Å². The van der Waals surface area contributed by atoms with E-state index >= 15 is 0 Å². The van der Waals surface area contributed by atoms with Crippen molar-refractivity contribution in [2.45, 2.75) is 110 Å². The number of amides is 2. The van der Waals surface area contributed by atoms with Gasteiger partial charge in [-0.3, -0.25) is 24.2 Å². The first-order chi connectivity index (χ1) is 25.2. The number of ether oxygens (including phenoxy) is 1. The van der Waals surface area contributed by atoms with Gasteiger partial charge in [-0.05, 0) is 63.3 Å². The molecule has 0 bridgehead atoms. The summed E-state index contributed by atoms with van der Waals surface area (Å²) in [5.41, 5.74) is 4.37. The second kappa shape index (κ2) is 23.4. The van der Waals surface area contributed by atoms with Crippen LogP contribution in [-0.2, 0) is 39.9 Å². The van der Waals surface area contributed by atoms with Crippen LogP contribution in [0, 0.1) is 17.8 Å². The van der Waals surface area contributed by atoms with Crippen molar-refractivity contribution in [3.8, 4) is 0 Å². The smallest absolute Gasteiger partial charge is 0.325 e. The van der Waals surface area contributed by atoms with Gasteiger partial charge in [-0.2, -0.15) is 0 Å². The number of esters is 1. The summed E-state index contributed by atoms with van der Waals surface area (Å²) >= 11 is 0. The van der Waals surface area contributed by atoms with Crippen LogP contribution in [0.15, 0.2) is 66.3 Å². The number of aliphatic hydroxyl groups is 2. The molecule has 1 saturated heterocycles. The number of rotatable bonds is 22. The van der Waals surface area contributed by atoms with Crippen LogP contribution in [0.1, 0.15) is 72.3 Å². The van der Waals surface area contributed by atoms with Crippen LogP contribution in [0.3, 0.4) is 0 Å². The van der Waals surface area contributed by atoms with Gasteiger partial charge >= 0.3 is 5.97 Å². The Morgan fingerprint density at radius 2 is 1.75 bits per heavy atom. The molecule has 292 valence electrons. The van der Waals surface area contributed by atoms with Gasteiger partial charge in [0.2, 0.25) is 5.91 Å². The van der Waals surface area contributed by atoms with Crippen molar-refractivity contribution in [1.29, 1.82) is 0 Å². The minimum absolute atomic E-state index is 0.0167. The fourth-order valence-electron chi connectivity index (χ4n) is 6.06. The zero-order valence-corrected chi connectivity index (χ0v) is 31.8. The number of Topliss-reactive ketones (excluding diaryl/α,β-unsaturated/α-hetero) is 1. The van der Waals surface area contributed by atoms with E-state index in [-0.39, 0.29) is 49.2 Å². The minimum atomic E-state index is -1.14. The maximum Gasteiger partial charge on any atom is 0.325 e. The highest BCUT2D eigenvalue weighted by molar-refractivity contribution is 5.90. The molecule has 8 atom stereocenters. The van der Waals surface area contributed by atoms with E-state index in [9.17, 15) is 39.0 Å². The van der Waals surface area contributed by atoms with Gasteiger partial charge in [-0.25, -0.2) is 5.43 Å². The predicted molar refractivity (Wildman–Crippen MR) is 201 cm³/mol. The fraction of sp³-hybridized carbons (Fsp3) is 0.550. The number of hydrazine groups is 1. The van der Waals surface area contributed by atoms with Gasteiger partial charge in [-0.15, -0.1) is 0 Å². The second-order valence-electron chi connectivity index (χ2n) is 14.0. The molecule has 1 aliphatic rings. The first-order valence-corrected chi connectivity index (χ1v) is 18.3. The molecule has 13 heteroatoms.